The summed E-state index contributed by atoms with van der Waals surface area (Å²) in [6.07, 6.45) is 0. The maximum Gasteiger partial charge on any atom is 0.0463 e. The van der Waals surface area contributed by atoms with E-state index in [4.69, 9.17) is 11.6 Å². The lowest BCUT2D eigenvalue weighted by Crippen LogP contribution is -2.22. The lowest BCUT2D eigenvalue weighted by Gasteiger charge is -2.28. The average molecular weight is 422 g/mol. The summed E-state index contributed by atoms with van der Waals surface area (Å²) in [5.41, 5.74) is 5.84. The highest BCUT2D eigenvalue weighted by Gasteiger charge is 2.14. The second-order valence-corrected chi connectivity index (χ2v) is 7.63. The van der Waals surface area contributed by atoms with Crippen molar-refractivity contribution in [1.29, 1.82) is 0 Å². The molecule has 3 aromatic rings. The van der Waals surface area contributed by atoms with Gasteiger partial charge in [0.15, 0.2) is 0 Å². The minimum absolute atomic E-state index is 0.743. The summed E-state index contributed by atoms with van der Waals surface area (Å²) in [5, 5.41) is 0.743. The Morgan fingerprint density at radius 2 is 0.733 bits per heavy atom. The topological polar surface area (TPSA) is 9.72 Å². The predicted octanol–water partition coefficient (Wildman–Crippen LogP) is 7.50. The summed E-state index contributed by atoms with van der Waals surface area (Å²) >= 11 is 6.15. The smallest absolute Gasteiger partial charge is 0.0463 e. The highest BCUT2D eigenvalue weighted by atomic mass is 35.5. The molecule has 0 aliphatic carbocycles. The van der Waals surface area contributed by atoms with Gasteiger partial charge < -0.3 is 14.7 Å². The first kappa shape index (κ1) is 22.0. The van der Waals surface area contributed by atoms with Crippen LogP contribution >= 0.6 is 11.6 Å². The summed E-state index contributed by atoms with van der Waals surface area (Å²) < 4.78 is 0. The van der Waals surface area contributed by atoms with Crippen LogP contribution in [-0.2, 0) is 0 Å². The highest BCUT2D eigenvalue weighted by molar-refractivity contribution is 6.30. The fourth-order valence-electron chi connectivity index (χ4n) is 3.84. The van der Waals surface area contributed by atoms with Gasteiger partial charge in [-0.25, -0.2) is 0 Å². The molecule has 0 saturated carbocycles. The Morgan fingerprint density at radius 3 is 1.03 bits per heavy atom. The maximum atomic E-state index is 6.15. The molecule has 0 radical (unpaired) electrons. The van der Waals surface area contributed by atoms with Gasteiger partial charge in [0.2, 0.25) is 0 Å². The van der Waals surface area contributed by atoms with Crippen LogP contribution in [0.2, 0.25) is 5.02 Å². The molecule has 0 saturated heterocycles. The zero-order valence-electron chi connectivity index (χ0n) is 18.5. The lowest BCUT2D eigenvalue weighted by atomic mass is 10.1. The Labute approximate surface area is 186 Å². The van der Waals surface area contributed by atoms with Crippen LogP contribution < -0.4 is 14.7 Å². The summed E-state index contributed by atoms with van der Waals surface area (Å²) in [6, 6.07) is 25.6. The monoisotopic (exact) mass is 421 g/mol. The van der Waals surface area contributed by atoms with Crippen LogP contribution in [-0.4, -0.2) is 26.2 Å². The predicted molar refractivity (Wildman–Crippen MR) is 133 cm³/mol. The van der Waals surface area contributed by atoms with Crippen molar-refractivity contribution < 1.29 is 0 Å². The fourth-order valence-corrected chi connectivity index (χ4v) is 3.97. The van der Waals surface area contributed by atoms with Crippen molar-refractivity contribution in [2.45, 2.75) is 27.7 Å². The SMILES string of the molecule is CCN(CC)c1ccc(N(c2ccc(Cl)cc2)c2ccc(N(CC)CC)cc2)cc1. The van der Waals surface area contributed by atoms with Gasteiger partial charge in [-0.3, -0.25) is 0 Å². The van der Waals surface area contributed by atoms with E-state index in [0.29, 0.717) is 0 Å². The van der Waals surface area contributed by atoms with Gasteiger partial charge in [0.1, 0.15) is 0 Å². The van der Waals surface area contributed by atoms with Crippen molar-refractivity contribution in [1.82, 2.24) is 0 Å². The standard InChI is InChI=1S/C26H32ClN3/c1-5-28(6-2)22-13-17-25(18-14-22)30(24-11-9-21(27)10-12-24)26-19-15-23(16-20-26)29(7-3)8-4/h9-20H,5-8H2,1-4H3. The van der Waals surface area contributed by atoms with Crippen LogP contribution in [0.4, 0.5) is 28.4 Å². The van der Waals surface area contributed by atoms with E-state index in [9.17, 15) is 0 Å². The van der Waals surface area contributed by atoms with Gasteiger partial charge >= 0.3 is 0 Å². The van der Waals surface area contributed by atoms with Gasteiger partial charge in [-0.15, -0.1) is 0 Å². The third kappa shape index (κ3) is 4.91. The van der Waals surface area contributed by atoms with Crippen LogP contribution in [0.1, 0.15) is 27.7 Å². The van der Waals surface area contributed by atoms with Crippen molar-refractivity contribution >= 4 is 40.0 Å². The molecule has 158 valence electrons. The van der Waals surface area contributed by atoms with Gasteiger partial charge in [-0.1, -0.05) is 11.6 Å². The summed E-state index contributed by atoms with van der Waals surface area (Å²) in [4.78, 5) is 6.99. The van der Waals surface area contributed by atoms with E-state index >= 15 is 0 Å². The van der Waals surface area contributed by atoms with Gasteiger partial charge in [0.25, 0.3) is 0 Å². The largest absolute Gasteiger partial charge is 0.372 e. The highest BCUT2D eigenvalue weighted by Crippen LogP contribution is 2.36. The summed E-state index contributed by atoms with van der Waals surface area (Å²) in [6.45, 7) is 12.8. The molecule has 0 N–H and O–H groups in total. The number of benzene rings is 3. The van der Waals surface area contributed by atoms with Gasteiger partial charge in [-0.05, 0) is 100 Å². The van der Waals surface area contributed by atoms with Gasteiger partial charge in [0.05, 0.1) is 0 Å². The van der Waals surface area contributed by atoms with Crippen molar-refractivity contribution in [2.75, 3.05) is 40.9 Å². The molecule has 0 unspecified atom stereocenters. The molecule has 0 aromatic heterocycles. The quantitative estimate of drug-likeness (QED) is 0.354. The van der Waals surface area contributed by atoms with Crippen LogP contribution in [0, 0.1) is 0 Å². The number of rotatable bonds is 9. The summed E-state index contributed by atoms with van der Waals surface area (Å²) in [7, 11) is 0. The molecule has 0 amide bonds. The van der Waals surface area contributed by atoms with E-state index in [0.717, 1.165) is 48.3 Å². The van der Waals surface area contributed by atoms with E-state index in [2.05, 4.69) is 103 Å². The third-order valence-corrected chi connectivity index (χ3v) is 5.81. The van der Waals surface area contributed by atoms with Gasteiger partial charge in [-0.2, -0.15) is 0 Å². The Balaban J connectivity index is 2.00. The first-order valence-electron chi connectivity index (χ1n) is 10.9. The Kier molecular flexibility index (Phi) is 7.64. The van der Waals surface area contributed by atoms with E-state index in [1.807, 2.05) is 12.1 Å². The Hall–Kier alpha value is -2.65. The van der Waals surface area contributed by atoms with Crippen LogP contribution in [0.5, 0.6) is 0 Å². The third-order valence-electron chi connectivity index (χ3n) is 5.56. The molecule has 4 heteroatoms. The number of anilines is 5. The molecule has 0 aliphatic rings. The van der Waals surface area contributed by atoms with Crippen molar-refractivity contribution in [2.24, 2.45) is 0 Å². The van der Waals surface area contributed by atoms with E-state index in [-0.39, 0.29) is 0 Å². The first-order valence-corrected chi connectivity index (χ1v) is 11.2. The van der Waals surface area contributed by atoms with Crippen LogP contribution in [0.3, 0.4) is 0 Å². The molecular weight excluding hydrogens is 390 g/mol. The number of halogens is 1. The molecule has 0 fully saturated rings. The molecule has 0 atom stereocenters. The Bertz CT molecular complexity index is 841. The van der Waals surface area contributed by atoms with Crippen molar-refractivity contribution in [3.63, 3.8) is 0 Å². The lowest BCUT2D eigenvalue weighted by molar-refractivity contribution is 0.866. The molecule has 3 rings (SSSR count). The molecule has 3 nitrogen and oxygen atoms in total. The van der Waals surface area contributed by atoms with Crippen molar-refractivity contribution in [3.8, 4) is 0 Å². The minimum atomic E-state index is 0.743. The molecule has 0 spiro atoms. The molecule has 0 heterocycles. The van der Waals surface area contributed by atoms with E-state index < -0.39 is 0 Å². The molecule has 0 bridgehead atoms. The van der Waals surface area contributed by atoms with Crippen LogP contribution in [0.15, 0.2) is 72.8 Å². The normalized spacial score (nSPS) is 10.7. The average Bonchev–Trinajstić information content (AvgIpc) is 2.79. The zero-order chi connectivity index (χ0) is 21.5. The molecule has 3 aromatic carbocycles. The number of nitrogens with zero attached hydrogens (tertiary/aromatic N) is 3. The zero-order valence-corrected chi connectivity index (χ0v) is 19.2. The molecule has 30 heavy (non-hydrogen) atoms. The molecule has 0 aliphatic heterocycles. The minimum Gasteiger partial charge on any atom is -0.372 e. The van der Waals surface area contributed by atoms with Crippen molar-refractivity contribution in [3.05, 3.63) is 77.8 Å². The first-order chi connectivity index (χ1) is 14.6. The maximum absolute atomic E-state index is 6.15. The van der Waals surface area contributed by atoms with E-state index in [1.165, 1.54) is 11.4 Å². The number of hydrogen-bond donors (Lipinski definition) is 0. The fraction of sp³-hybridized carbons (Fsp3) is 0.308. The number of hydrogen-bond acceptors (Lipinski definition) is 3. The molecular formula is C26H32ClN3. The summed E-state index contributed by atoms with van der Waals surface area (Å²) in [5.74, 6) is 0. The van der Waals surface area contributed by atoms with Crippen LogP contribution in [0.25, 0.3) is 0 Å². The van der Waals surface area contributed by atoms with Gasteiger partial charge in [0, 0.05) is 59.6 Å². The van der Waals surface area contributed by atoms with E-state index in [1.54, 1.807) is 0 Å². The second kappa shape index (κ2) is 10.4. The second-order valence-electron chi connectivity index (χ2n) is 7.19. The Morgan fingerprint density at radius 1 is 0.467 bits per heavy atom.